The van der Waals surface area contributed by atoms with Gasteiger partial charge in [0, 0.05) is 32.2 Å². The molecule has 1 N–H and O–H groups in total. The third-order valence-electron chi connectivity index (χ3n) is 3.53. The van der Waals surface area contributed by atoms with Crippen molar-refractivity contribution in [2.24, 2.45) is 0 Å². The molecule has 0 aromatic heterocycles. The monoisotopic (exact) mass is 246 g/mol. The molecule has 98 valence electrons. The topological polar surface area (TPSA) is 32.3 Å². The normalized spacial score (nSPS) is 13.4. The molecule has 2 rings (SSSR count). The third kappa shape index (κ3) is 2.91. The highest BCUT2D eigenvalue weighted by Crippen LogP contribution is 2.18. The van der Waals surface area contributed by atoms with Gasteiger partial charge >= 0.3 is 0 Å². The zero-order chi connectivity index (χ0) is 13.0. The molecule has 3 heteroatoms. The van der Waals surface area contributed by atoms with E-state index in [9.17, 15) is 4.79 Å². The Kier molecular flexibility index (Phi) is 4.37. The van der Waals surface area contributed by atoms with Gasteiger partial charge in [-0.15, -0.1) is 0 Å². The van der Waals surface area contributed by atoms with E-state index in [0.717, 1.165) is 31.6 Å². The molecule has 1 aromatic carbocycles. The van der Waals surface area contributed by atoms with Crippen LogP contribution in [-0.2, 0) is 13.1 Å². The van der Waals surface area contributed by atoms with E-state index in [-0.39, 0.29) is 5.91 Å². The summed E-state index contributed by atoms with van der Waals surface area (Å²) in [7, 11) is 1.89. The predicted octanol–water partition coefficient (Wildman–Crippen LogP) is 2.55. The molecule has 0 fully saturated rings. The first-order chi connectivity index (χ1) is 8.72. The Balaban J connectivity index is 2.00. The van der Waals surface area contributed by atoms with E-state index in [4.69, 9.17) is 0 Å². The number of nitrogens with one attached hydrogen (secondary N) is 1. The van der Waals surface area contributed by atoms with E-state index in [0.29, 0.717) is 0 Å². The standard InChI is InChI=1S/C15H22N2O/c1-3-4-5-8-17(2)15(18)12-6-7-13-10-16-11-14(13)9-12/h6-7,9,16H,3-5,8,10-11H2,1-2H3. The van der Waals surface area contributed by atoms with Crippen LogP contribution in [0.1, 0.15) is 47.7 Å². The zero-order valence-corrected chi connectivity index (χ0v) is 11.3. The summed E-state index contributed by atoms with van der Waals surface area (Å²) in [4.78, 5) is 14.1. The summed E-state index contributed by atoms with van der Waals surface area (Å²) in [6, 6.07) is 6.06. The van der Waals surface area contributed by atoms with Crippen LogP contribution in [0.4, 0.5) is 0 Å². The highest BCUT2D eigenvalue weighted by Gasteiger charge is 2.15. The average Bonchev–Trinajstić information content (AvgIpc) is 2.85. The van der Waals surface area contributed by atoms with Crippen LogP contribution in [0, 0.1) is 0 Å². The van der Waals surface area contributed by atoms with Crippen LogP contribution < -0.4 is 5.32 Å². The molecule has 0 unspecified atom stereocenters. The summed E-state index contributed by atoms with van der Waals surface area (Å²) in [5.41, 5.74) is 3.40. The number of hydrogen-bond donors (Lipinski definition) is 1. The maximum atomic E-state index is 12.2. The molecule has 0 spiro atoms. The number of unbranched alkanes of at least 4 members (excludes halogenated alkanes) is 2. The minimum absolute atomic E-state index is 0.140. The molecule has 1 heterocycles. The molecule has 0 radical (unpaired) electrons. The molecule has 1 amide bonds. The molecule has 0 saturated carbocycles. The summed E-state index contributed by atoms with van der Waals surface area (Å²) in [5.74, 6) is 0.140. The Morgan fingerprint density at radius 1 is 1.28 bits per heavy atom. The van der Waals surface area contributed by atoms with Crippen LogP contribution in [0.5, 0.6) is 0 Å². The first-order valence-corrected chi connectivity index (χ1v) is 6.80. The van der Waals surface area contributed by atoms with E-state index >= 15 is 0 Å². The predicted molar refractivity (Wildman–Crippen MR) is 73.5 cm³/mol. The lowest BCUT2D eigenvalue weighted by Crippen LogP contribution is -2.27. The van der Waals surface area contributed by atoms with E-state index < -0.39 is 0 Å². The van der Waals surface area contributed by atoms with Crippen LogP contribution in [0.3, 0.4) is 0 Å². The van der Waals surface area contributed by atoms with Crippen molar-refractivity contribution in [2.75, 3.05) is 13.6 Å². The van der Waals surface area contributed by atoms with Gasteiger partial charge in [-0.1, -0.05) is 25.8 Å². The smallest absolute Gasteiger partial charge is 0.253 e. The van der Waals surface area contributed by atoms with Crippen LogP contribution in [0.15, 0.2) is 18.2 Å². The number of benzene rings is 1. The number of carbonyl (C=O) groups is 1. The fraction of sp³-hybridized carbons (Fsp3) is 0.533. The van der Waals surface area contributed by atoms with Gasteiger partial charge in [0.15, 0.2) is 0 Å². The van der Waals surface area contributed by atoms with Gasteiger partial charge in [0.1, 0.15) is 0 Å². The van der Waals surface area contributed by atoms with Gasteiger partial charge in [-0.3, -0.25) is 4.79 Å². The van der Waals surface area contributed by atoms with Gasteiger partial charge in [-0.2, -0.15) is 0 Å². The van der Waals surface area contributed by atoms with Gasteiger partial charge in [0.25, 0.3) is 5.91 Å². The molecule has 1 aliphatic rings. The second kappa shape index (κ2) is 6.01. The van der Waals surface area contributed by atoms with Crippen LogP contribution in [0.2, 0.25) is 0 Å². The van der Waals surface area contributed by atoms with Crippen molar-refractivity contribution in [1.29, 1.82) is 0 Å². The Morgan fingerprint density at radius 3 is 2.83 bits per heavy atom. The average molecular weight is 246 g/mol. The Morgan fingerprint density at radius 2 is 2.06 bits per heavy atom. The van der Waals surface area contributed by atoms with Crippen molar-refractivity contribution in [3.8, 4) is 0 Å². The molecular formula is C15H22N2O. The number of amides is 1. The van der Waals surface area contributed by atoms with E-state index in [1.807, 2.05) is 24.1 Å². The number of rotatable bonds is 5. The van der Waals surface area contributed by atoms with Crippen LogP contribution in [0.25, 0.3) is 0 Å². The maximum Gasteiger partial charge on any atom is 0.253 e. The largest absolute Gasteiger partial charge is 0.342 e. The van der Waals surface area contributed by atoms with Crippen molar-refractivity contribution >= 4 is 5.91 Å². The van der Waals surface area contributed by atoms with Gasteiger partial charge in [-0.25, -0.2) is 0 Å². The fourth-order valence-electron chi connectivity index (χ4n) is 2.35. The molecule has 3 nitrogen and oxygen atoms in total. The van der Waals surface area contributed by atoms with Crippen molar-refractivity contribution < 1.29 is 4.79 Å². The number of hydrogen-bond acceptors (Lipinski definition) is 2. The maximum absolute atomic E-state index is 12.2. The SMILES string of the molecule is CCCCCN(C)C(=O)c1ccc2c(c1)CNC2. The third-order valence-corrected chi connectivity index (χ3v) is 3.53. The summed E-state index contributed by atoms with van der Waals surface area (Å²) < 4.78 is 0. The molecule has 1 aromatic rings. The minimum atomic E-state index is 0.140. The number of fused-ring (bicyclic) bond motifs is 1. The van der Waals surface area contributed by atoms with Gasteiger partial charge in [0.2, 0.25) is 0 Å². The minimum Gasteiger partial charge on any atom is -0.342 e. The Bertz CT molecular complexity index is 429. The van der Waals surface area contributed by atoms with Gasteiger partial charge < -0.3 is 10.2 Å². The van der Waals surface area contributed by atoms with Crippen LogP contribution in [-0.4, -0.2) is 24.4 Å². The molecular weight excluding hydrogens is 224 g/mol. The molecule has 18 heavy (non-hydrogen) atoms. The second-order valence-corrected chi connectivity index (χ2v) is 5.02. The zero-order valence-electron chi connectivity index (χ0n) is 11.3. The highest BCUT2D eigenvalue weighted by molar-refractivity contribution is 5.94. The summed E-state index contributed by atoms with van der Waals surface area (Å²) in [5, 5.41) is 3.30. The Labute approximate surface area is 109 Å². The summed E-state index contributed by atoms with van der Waals surface area (Å²) >= 11 is 0. The van der Waals surface area contributed by atoms with E-state index in [1.54, 1.807) is 0 Å². The summed E-state index contributed by atoms with van der Waals surface area (Å²) in [6.07, 6.45) is 3.46. The van der Waals surface area contributed by atoms with Crippen molar-refractivity contribution in [2.45, 2.75) is 39.3 Å². The van der Waals surface area contributed by atoms with Gasteiger partial charge in [-0.05, 0) is 29.7 Å². The van der Waals surface area contributed by atoms with Crippen molar-refractivity contribution in [3.05, 3.63) is 34.9 Å². The molecule has 0 saturated heterocycles. The first kappa shape index (κ1) is 13.1. The van der Waals surface area contributed by atoms with Gasteiger partial charge in [0.05, 0.1) is 0 Å². The lowest BCUT2D eigenvalue weighted by molar-refractivity contribution is 0.0792. The molecule has 0 aliphatic carbocycles. The highest BCUT2D eigenvalue weighted by atomic mass is 16.2. The van der Waals surface area contributed by atoms with E-state index in [1.165, 1.54) is 24.0 Å². The first-order valence-electron chi connectivity index (χ1n) is 6.80. The Hall–Kier alpha value is -1.35. The quantitative estimate of drug-likeness (QED) is 0.810. The van der Waals surface area contributed by atoms with Crippen molar-refractivity contribution in [1.82, 2.24) is 10.2 Å². The van der Waals surface area contributed by atoms with Crippen molar-refractivity contribution in [3.63, 3.8) is 0 Å². The second-order valence-electron chi connectivity index (χ2n) is 5.02. The molecule has 0 bridgehead atoms. The van der Waals surface area contributed by atoms with Crippen LogP contribution >= 0.6 is 0 Å². The lowest BCUT2D eigenvalue weighted by atomic mass is 10.1. The number of carbonyl (C=O) groups excluding carboxylic acids is 1. The lowest BCUT2D eigenvalue weighted by Gasteiger charge is -2.17. The fourth-order valence-corrected chi connectivity index (χ4v) is 2.35. The molecule has 1 aliphatic heterocycles. The van der Waals surface area contributed by atoms with E-state index in [2.05, 4.69) is 18.3 Å². The number of nitrogens with zero attached hydrogens (tertiary/aromatic N) is 1. The summed E-state index contributed by atoms with van der Waals surface area (Å²) in [6.45, 7) is 4.84. The molecule has 0 atom stereocenters.